The number of aromatic nitrogens is 4. The molecule has 2 aliphatic carbocycles. The van der Waals surface area contributed by atoms with Gasteiger partial charge in [-0.25, -0.2) is 29.1 Å². The van der Waals surface area contributed by atoms with E-state index in [1.807, 2.05) is 24.3 Å². The molecule has 14 heteroatoms. The lowest BCUT2D eigenvalue weighted by Crippen LogP contribution is -2.45. The molecule has 2 amide bonds. The van der Waals surface area contributed by atoms with E-state index in [9.17, 15) is 19.2 Å². The summed E-state index contributed by atoms with van der Waals surface area (Å²) >= 11 is 0. The van der Waals surface area contributed by atoms with Gasteiger partial charge in [0.25, 0.3) is 0 Å². The van der Waals surface area contributed by atoms with E-state index in [1.54, 1.807) is 0 Å². The third-order valence-corrected chi connectivity index (χ3v) is 12.3. The smallest absolute Gasteiger partial charge is 0.405 e. The highest BCUT2D eigenvalue weighted by atomic mass is 16.4. The molecule has 2 aromatic carbocycles. The van der Waals surface area contributed by atoms with Gasteiger partial charge in [-0.15, -0.1) is 0 Å². The number of nitrogens with one attached hydrogen (secondary N) is 4. The van der Waals surface area contributed by atoms with Crippen LogP contribution in [0.5, 0.6) is 0 Å². The standard InChI is InChI=1S/C42H46N8O6/c51-23-29-19-31(13-15-33(29)47-41(53)54)49-17-1-3-37(49)39-43-21-35(45-39)27-9-5-25(6-10-27)26-7-11-28(12-8-26)36-22-44-40(46-36)38-4-2-18-50(38)32-14-16-34(48-42(55)56)30(20-32)24-52/h5-12,21-22,31-34,37-38,47-48H,1-4,13-20H2,(H,43,45)(H,44,46)(H,53,54)(H,55,56)/t31-,32-,33-,34-,37+,38+/m1/s1. The highest BCUT2D eigenvalue weighted by Gasteiger charge is 2.39. The molecule has 8 rings (SSSR count). The highest BCUT2D eigenvalue weighted by Crippen LogP contribution is 2.40. The SMILES string of the molecule is O=C=C1C[C@H](N2CCC[C@H]2c2ncc(-c3ccc(-c4ccc(-c5cnc([C@@H]6CCCN6[C@@H]6CC[C@@H](NC(=O)O)C(=C=O)C6)[nH]5)cc4)cc3)[nH]2)CC[C@H]1NC(=O)O. The molecule has 290 valence electrons. The van der Waals surface area contributed by atoms with Crippen LogP contribution in [0.4, 0.5) is 9.59 Å². The van der Waals surface area contributed by atoms with Crippen molar-refractivity contribution in [3.05, 3.63) is 83.7 Å². The Morgan fingerprint density at radius 3 is 1.38 bits per heavy atom. The van der Waals surface area contributed by atoms with Crippen LogP contribution in [-0.4, -0.2) is 101 Å². The Bertz CT molecular complexity index is 2010. The Morgan fingerprint density at radius 1 is 0.607 bits per heavy atom. The van der Waals surface area contributed by atoms with Crippen molar-refractivity contribution < 1.29 is 29.4 Å². The largest absolute Gasteiger partial charge is 0.465 e. The average molecular weight is 759 g/mol. The summed E-state index contributed by atoms with van der Waals surface area (Å²) in [6.07, 6.45) is 9.28. The number of nitrogens with zero attached hydrogens (tertiary/aromatic N) is 4. The molecule has 2 saturated carbocycles. The molecule has 0 unspecified atom stereocenters. The zero-order chi connectivity index (χ0) is 38.8. The number of hydrogen-bond acceptors (Lipinski definition) is 8. The topological polar surface area (TPSA) is 197 Å². The van der Waals surface area contributed by atoms with Crippen LogP contribution in [-0.2, 0) is 9.59 Å². The van der Waals surface area contributed by atoms with Crippen molar-refractivity contribution in [2.75, 3.05) is 13.1 Å². The Hall–Kier alpha value is -5.78. The van der Waals surface area contributed by atoms with Gasteiger partial charge in [0, 0.05) is 23.2 Å². The number of imidazole rings is 2. The fraction of sp³-hybridized carbons (Fsp3) is 0.429. The molecule has 2 aromatic heterocycles. The Labute approximate surface area is 324 Å². The molecule has 4 aliphatic rings. The van der Waals surface area contributed by atoms with Crippen LogP contribution in [0.15, 0.2) is 72.1 Å². The number of aromatic amines is 2. The lowest BCUT2D eigenvalue weighted by molar-refractivity contribution is 0.143. The number of rotatable bonds is 9. The van der Waals surface area contributed by atoms with Gasteiger partial charge in [0.2, 0.25) is 0 Å². The van der Waals surface area contributed by atoms with Crippen LogP contribution < -0.4 is 10.6 Å². The van der Waals surface area contributed by atoms with Crippen LogP contribution in [0, 0.1) is 0 Å². The number of carbonyl (C=O) groups excluding carboxylic acids is 2. The molecule has 4 aromatic rings. The first-order valence-corrected chi connectivity index (χ1v) is 19.6. The summed E-state index contributed by atoms with van der Waals surface area (Å²) in [5.74, 6) is 5.84. The lowest BCUT2D eigenvalue weighted by atomic mass is 9.86. The maximum Gasteiger partial charge on any atom is 0.405 e. The van der Waals surface area contributed by atoms with Crippen LogP contribution in [0.25, 0.3) is 33.6 Å². The number of amides is 2. The maximum absolute atomic E-state index is 11.7. The molecule has 14 nitrogen and oxygen atoms in total. The van der Waals surface area contributed by atoms with E-state index in [4.69, 9.17) is 20.2 Å². The summed E-state index contributed by atoms with van der Waals surface area (Å²) in [6.45, 7) is 1.81. The van der Waals surface area contributed by atoms with E-state index in [0.29, 0.717) is 36.8 Å². The summed E-state index contributed by atoms with van der Waals surface area (Å²) in [7, 11) is 0. The molecule has 2 aliphatic heterocycles. The molecule has 4 heterocycles. The van der Waals surface area contributed by atoms with E-state index < -0.39 is 24.3 Å². The Morgan fingerprint density at radius 2 is 1.00 bits per heavy atom. The number of H-pyrrole nitrogens is 2. The minimum Gasteiger partial charge on any atom is -0.465 e. The maximum atomic E-state index is 11.7. The minimum absolute atomic E-state index is 0.107. The van der Waals surface area contributed by atoms with Crippen molar-refractivity contribution in [3.63, 3.8) is 0 Å². The summed E-state index contributed by atoms with van der Waals surface area (Å²) < 4.78 is 0. The molecule has 0 bridgehead atoms. The third-order valence-electron chi connectivity index (χ3n) is 12.3. The molecular formula is C42H46N8O6. The minimum atomic E-state index is -1.12. The van der Waals surface area contributed by atoms with E-state index in [1.165, 1.54) is 0 Å². The molecule has 56 heavy (non-hydrogen) atoms. The van der Waals surface area contributed by atoms with Gasteiger partial charge in [0.15, 0.2) is 0 Å². The molecule has 6 atom stereocenters. The average Bonchev–Trinajstić information content (AvgIpc) is 4.05. The summed E-state index contributed by atoms with van der Waals surface area (Å²) in [6, 6.07) is 16.4. The monoisotopic (exact) mass is 758 g/mol. The van der Waals surface area contributed by atoms with Gasteiger partial charge in [0.05, 0.1) is 47.9 Å². The second-order valence-corrected chi connectivity index (χ2v) is 15.4. The highest BCUT2D eigenvalue weighted by molar-refractivity contribution is 5.72. The van der Waals surface area contributed by atoms with Crippen molar-refractivity contribution in [3.8, 4) is 33.6 Å². The van der Waals surface area contributed by atoms with Gasteiger partial charge in [-0.3, -0.25) is 9.80 Å². The fourth-order valence-corrected chi connectivity index (χ4v) is 9.50. The number of hydrogen-bond donors (Lipinski definition) is 6. The van der Waals surface area contributed by atoms with Crippen LogP contribution in [0.3, 0.4) is 0 Å². The first-order chi connectivity index (χ1) is 27.3. The number of carbonyl (C=O) groups is 2. The van der Waals surface area contributed by atoms with Crippen LogP contribution in [0.2, 0.25) is 0 Å². The van der Waals surface area contributed by atoms with Gasteiger partial charge >= 0.3 is 12.2 Å². The molecule has 4 fully saturated rings. The first-order valence-electron chi connectivity index (χ1n) is 19.6. The zero-order valence-corrected chi connectivity index (χ0v) is 31.0. The molecule has 0 radical (unpaired) electrons. The van der Waals surface area contributed by atoms with Crippen molar-refractivity contribution in [2.24, 2.45) is 0 Å². The number of carboxylic acid groups (broad SMARTS) is 2. The van der Waals surface area contributed by atoms with Gasteiger partial charge in [-0.2, -0.15) is 0 Å². The quantitative estimate of drug-likeness (QED) is 0.105. The van der Waals surface area contributed by atoms with Crippen molar-refractivity contribution in [2.45, 2.75) is 100 Å². The fourth-order valence-electron chi connectivity index (χ4n) is 9.50. The van der Waals surface area contributed by atoms with Gasteiger partial charge in [-0.1, -0.05) is 48.5 Å². The summed E-state index contributed by atoms with van der Waals surface area (Å²) in [5, 5.41) is 23.2. The first kappa shape index (κ1) is 37.2. The van der Waals surface area contributed by atoms with Gasteiger partial charge in [0.1, 0.15) is 23.5 Å². The summed E-state index contributed by atoms with van der Waals surface area (Å²) in [5.41, 5.74) is 7.13. The lowest BCUT2D eigenvalue weighted by Gasteiger charge is -2.37. The molecule has 0 spiro atoms. The van der Waals surface area contributed by atoms with Crippen LogP contribution in [0.1, 0.15) is 87.9 Å². The molecule has 6 N–H and O–H groups in total. The number of likely N-dealkylation sites (tertiary alicyclic amines) is 2. The molecule has 2 saturated heterocycles. The Balaban J connectivity index is 0.895. The Kier molecular flexibility index (Phi) is 10.7. The van der Waals surface area contributed by atoms with Crippen molar-refractivity contribution in [1.29, 1.82) is 0 Å². The van der Waals surface area contributed by atoms with Crippen LogP contribution >= 0.6 is 0 Å². The van der Waals surface area contributed by atoms with E-state index in [0.717, 1.165) is 96.9 Å². The van der Waals surface area contributed by atoms with E-state index >= 15 is 0 Å². The van der Waals surface area contributed by atoms with E-state index in [-0.39, 0.29) is 24.2 Å². The van der Waals surface area contributed by atoms with Crippen molar-refractivity contribution in [1.82, 2.24) is 40.4 Å². The summed E-state index contributed by atoms with van der Waals surface area (Å²) in [4.78, 5) is 67.3. The van der Waals surface area contributed by atoms with E-state index in [2.05, 4.69) is 78.9 Å². The van der Waals surface area contributed by atoms with Gasteiger partial charge in [-0.05, 0) is 99.6 Å². The van der Waals surface area contributed by atoms with Gasteiger partial charge < -0.3 is 30.8 Å². The predicted octanol–water partition coefficient (Wildman–Crippen LogP) is 6.30. The number of benzene rings is 2. The zero-order valence-electron chi connectivity index (χ0n) is 31.0. The normalized spacial score (nSPS) is 25.8. The third kappa shape index (κ3) is 7.69. The van der Waals surface area contributed by atoms with Crippen molar-refractivity contribution >= 4 is 24.1 Å². The second kappa shape index (κ2) is 16.1. The second-order valence-electron chi connectivity index (χ2n) is 15.4. The predicted molar refractivity (Wildman–Crippen MR) is 208 cm³/mol. The molecular weight excluding hydrogens is 713 g/mol.